The molecule has 2 bridgehead atoms. The van der Waals surface area contributed by atoms with Gasteiger partial charge in [-0.3, -0.25) is 4.90 Å². The molecular weight excluding hydrogens is 422 g/mol. The van der Waals surface area contributed by atoms with Crippen molar-refractivity contribution in [3.63, 3.8) is 0 Å². The lowest BCUT2D eigenvalue weighted by Crippen LogP contribution is -2.42. The Balaban J connectivity index is 0.00000205. The maximum absolute atomic E-state index is 6.84. The van der Waals surface area contributed by atoms with E-state index in [2.05, 4.69) is 95.9 Å². The van der Waals surface area contributed by atoms with Crippen LogP contribution in [0, 0.1) is 5.92 Å². The average Bonchev–Trinajstić information content (AvgIpc) is 3.34. The number of hydrogen-bond acceptors (Lipinski definition) is 2. The van der Waals surface area contributed by atoms with Crippen molar-refractivity contribution in [2.75, 3.05) is 6.54 Å². The Kier molecular flexibility index (Phi) is 6.49. The predicted octanol–water partition coefficient (Wildman–Crippen LogP) is 6.03. The molecule has 150 valence electrons. The van der Waals surface area contributed by atoms with E-state index < -0.39 is 0 Å². The van der Waals surface area contributed by atoms with Gasteiger partial charge in [0.2, 0.25) is 0 Å². The molecule has 3 aromatic rings. The van der Waals surface area contributed by atoms with Crippen LogP contribution in [0.15, 0.2) is 91.0 Å². The van der Waals surface area contributed by atoms with Crippen LogP contribution in [-0.4, -0.2) is 23.6 Å². The zero-order chi connectivity index (χ0) is 18.8. The molecule has 2 fully saturated rings. The molecule has 3 aromatic carbocycles. The van der Waals surface area contributed by atoms with Gasteiger partial charge in [0.05, 0.1) is 6.10 Å². The van der Waals surface area contributed by atoms with Gasteiger partial charge in [-0.25, -0.2) is 0 Å². The second-order valence-electron chi connectivity index (χ2n) is 8.20. The summed E-state index contributed by atoms with van der Waals surface area (Å²) < 4.78 is 6.84. The van der Waals surface area contributed by atoms with Crippen LogP contribution in [0.5, 0.6) is 0 Å². The molecule has 2 nitrogen and oxygen atoms in total. The summed E-state index contributed by atoms with van der Waals surface area (Å²) in [6.07, 6.45) is 2.76. The van der Waals surface area contributed by atoms with E-state index in [1.165, 1.54) is 36.1 Å². The number of benzene rings is 3. The third-order valence-electron chi connectivity index (χ3n) is 6.28. The van der Waals surface area contributed by atoms with Gasteiger partial charge in [0.25, 0.3) is 0 Å². The first kappa shape index (κ1) is 20.3. The second-order valence-corrected chi connectivity index (χ2v) is 8.20. The Hall–Kier alpha value is -1.94. The molecular formula is C26H28BrNO. The number of rotatable bonds is 6. The molecule has 1 aliphatic heterocycles. The van der Waals surface area contributed by atoms with E-state index in [1.807, 2.05) is 0 Å². The van der Waals surface area contributed by atoms with Crippen molar-refractivity contribution < 1.29 is 4.74 Å². The number of fused-ring (bicyclic) bond motifs is 2. The van der Waals surface area contributed by atoms with Gasteiger partial charge >= 0.3 is 0 Å². The van der Waals surface area contributed by atoms with Gasteiger partial charge in [0.15, 0.2) is 0 Å². The van der Waals surface area contributed by atoms with Gasteiger partial charge in [0, 0.05) is 19.1 Å². The monoisotopic (exact) mass is 449 g/mol. The fourth-order valence-corrected chi connectivity index (χ4v) is 5.00. The van der Waals surface area contributed by atoms with Gasteiger partial charge in [-0.05, 0) is 35.4 Å². The largest absolute Gasteiger partial charge is 0.364 e. The van der Waals surface area contributed by atoms with Gasteiger partial charge in [-0.1, -0.05) is 91.0 Å². The molecule has 1 saturated carbocycles. The maximum Gasteiger partial charge on any atom is 0.108 e. The molecule has 0 aromatic heterocycles. The highest BCUT2D eigenvalue weighted by atomic mass is 79.9. The van der Waals surface area contributed by atoms with E-state index in [4.69, 9.17) is 4.74 Å². The quantitative estimate of drug-likeness (QED) is 0.455. The molecule has 0 radical (unpaired) electrons. The summed E-state index contributed by atoms with van der Waals surface area (Å²) in [5.41, 5.74) is 3.88. The van der Waals surface area contributed by atoms with E-state index >= 15 is 0 Å². The molecule has 0 N–H and O–H groups in total. The zero-order valence-electron chi connectivity index (χ0n) is 16.6. The Morgan fingerprint density at radius 3 is 1.86 bits per heavy atom. The Labute approximate surface area is 184 Å². The minimum Gasteiger partial charge on any atom is -0.364 e. The molecule has 3 heteroatoms. The van der Waals surface area contributed by atoms with Gasteiger partial charge in [-0.2, -0.15) is 0 Å². The lowest BCUT2D eigenvalue weighted by atomic mass is 10.00. The first-order valence-corrected chi connectivity index (χ1v) is 10.4. The van der Waals surface area contributed by atoms with E-state index in [-0.39, 0.29) is 23.1 Å². The van der Waals surface area contributed by atoms with Crippen LogP contribution in [-0.2, 0) is 11.3 Å². The third-order valence-corrected chi connectivity index (χ3v) is 6.28. The molecule has 29 heavy (non-hydrogen) atoms. The number of likely N-dealkylation sites (tertiary alicyclic amines) is 1. The first-order chi connectivity index (χ1) is 13.9. The molecule has 1 heterocycles. The summed E-state index contributed by atoms with van der Waals surface area (Å²) in [6, 6.07) is 32.7. The molecule has 3 atom stereocenters. The minimum atomic E-state index is 0. The average molecular weight is 450 g/mol. The normalized spacial score (nSPS) is 23.3. The van der Waals surface area contributed by atoms with Crippen LogP contribution < -0.4 is 0 Å². The zero-order valence-corrected chi connectivity index (χ0v) is 18.3. The fraction of sp³-hybridized carbons (Fsp3) is 0.308. The first-order valence-electron chi connectivity index (χ1n) is 10.4. The Morgan fingerprint density at radius 1 is 0.759 bits per heavy atom. The SMILES string of the molecule is Br.c1ccc(CN2CC3CC(OC(c4ccccc4)c4ccccc4)C2C3)cc1. The summed E-state index contributed by atoms with van der Waals surface area (Å²) in [6.45, 7) is 2.24. The molecule has 0 spiro atoms. The lowest BCUT2D eigenvalue weighted by molar-refractivity contribution is -0.0440. The van der Waals surface area contributed by atoms with Gasteiger partial charge in [0.1, 0.15) is 6.10 Å². The highest BCUT2D eigenvalue weighted by Crippen LogP contribution is 2.42. The maximum atomic E-state index is 6.84. The molecule has 2 aliphatic rings. The summed E-state index contributed by atoms with van der Waals surface area (Å²) in [4.78, 5) is 2.64. The van der Waals surface area contributed by atoms with E-state index in [9.17, 15) is 0 Å². The molecule has 1 saturated heterocycles. The number of piperidine rings is 1. The highest BCUT2D eigenvalue weighted by Gasteiger charge is 2.46. The Bertz CT molecular complexity index is 847. The van der Waals surface area contributed by atoms with Crippen molar-refractivity contribution in [1.29, 1.82) is 0 Å². The van der Waals surface area contributed by atoms with Crippen molar-refractivity contribution >= 4 is 17.0 Å². The number of halogens is 1. The number of ether oxygens (including phenoxy) is 1. The molecule has 5 rings (SSSR count). The van der Waals surface area contributed by atoms with Crippen LogP contribution in [0.4, 0.5) is 0 Å². The number of hydrogen-bond donors (Lipinski definition) is 0. The predicted molar refractivity (Wildman–Crippen MR) is 123 cm³/mol. The highest BCUT2D eigenvalue weighted by molar-refractivity contribution is 8.93. The smallest absolute Gasteiger partial charge is 0.108 e. The fourth-order valence-electron chi connectivity index (χ4n) is 5.00. The van der Waals surface area contributed by atoms with Crippen LogP contribution >= 0.6 is 17.0 Å². The van der Waals surface area contributed by atoms with E-state index in [1.54, 1.807) is 0 Å². The van der Waals surface area contributed by atoms with Crippen molar-refractivity contribution in [3.05, 3.63) is 108 Å². The lowest BCUT2D eigenvalue weighted by Gasteiger charge is -2.35. The Morgan fingerprint density at radius 2 is 1.31 bits per heavy atom. The van der Waals surface area contributed by atoms with Gasteiger partial charge in [-0.15, -0.1) is 17.0 Å². The van der Waals surface area contributed by atoms with Crippen molar-refractivity contribution in [1.82, 2.24) is 4.90 Å². The summed E-state index contributed by atoms with van der Waals surface area (Å²) in [7, 11) is 0. The van der Waals surface area contributed by atoms with Crippen LogP contribution in [0.3, 0.4) is 0 Å². The second kappa shape index (κ2) is 9.25. The standard InChI is InChI=1S/C26H27NO.BrH/c1-4-10-20(11-5-1)18-27-19-21-16-24(27)25(17-21)28-26(22-12-6-2-7-13-22)23-14-8-3-9-15-23;/h1-15,21,24-26H,16-19H2;1H. The third kappa shape index (κ3) is 4.48. The van der Waals surface area contributed by atoms with Crippen molar-refractivity contribution in [2.24, 2.45) is 5.92 Å². The molecule has 0 amide bonds. The minimum absolute atomic E-state index is 0. The topological polar surface area (TPSA) is 12.5 Å². The van der Waals surface area contributed by atoms with Crippen LogP contribution in [0.25, 0.3) is 0 Å². The van der Waals surface area contributed by atoms with E-state index in [0.717, 1.165) is 12.5 Å². The van der Waals surface area contributed by atoms with Gasteiger partial charge < -0.3 is 4.74 Å². The van der Waals surface area contributed by atoms with Crippen molar-refractivity contribution in [2.45, 2.75) is 37.6 Å². The van der Waals surface area contributed by atoms with Crippen LogP contribution in [0.2, 0.25) is 0 Å². The summed E-state index contributed by atoms with van der Waals surface area (Å²) in [5, 5.41) is 0. The van der Waals surface area contributed by atoms with E-state index in [0.29, 0.717) is 12.1 Å². The molecule has 1 aliphatic carbocycles. The summed E-state index contributed by atoms with van der Waals surface area (Å²) in [5.74, 6) is 0.769. The molecule has 3 unspecified atom stereocenters. The number of nitrogens with zero attached hydrogens (tertiary/aromatic N) is 1. The van der Waals surface area contributed by atoms with Crippen LogP contribution in [0.1, 0.15) is 35.6 Å². The van der Waals surface area contributed by atoms with Crippen molar-refractivity contribution in [3.8, 4) is 0 Å². The summed E-state index contributed by atoms with van der Waals surface area (Å²) >= 11 is 0.